The lowest BCUT2D eigenvalue weighted by Crippen LogP contribution is -2.14. The first-order chi connectivity index (χ1) is 8.47. The number of hydrogen-bond donors (Lipinski definition) is 1. The summed E-state index contributed by atoms with van der Waals surface area (Å²) in [6.45, 7) is 0. The molecule has 1 atom stereocenters. The first kappa shape index (κ1) is 13.7. The zero-order valence-electron chi connectivity index (χ0n) is 9.13. The molecular weight excluding hydrogens is 371 g/mol. The quantitative estimate of drug-likeness (QED) is 0.775. The van der Waals surface area contributed by atoms with Gasteiger partial charge >= 0.3 is 0 Å². The molecule has 1 unspecified atom stereocenters. The van der Waals surface area contributed by atoms with Gasteiger partial charge in [0.2, 0.25) is 0 Å². The van der Waals surface area contributed by atoms with E-state index in [1.54, 1.807) is 12.1 Å². The predicted molar refractivity (Wildman–Crippen MR) is 76.6 cm³/mol. The van der Waals surface area contributed by atoms with Gasteiger partial charge in [-0.25, -0.2) is 8.78 Å². The van der Waals surface area contributed by atoms with Crippen molar-refractivity contribution in [2.75, 3.05) is 0 Å². The molecule has 0 saturated carbocycles. The molecule has 0 amide bonds. The Bertz CT molecular complexity index is 569. The van der Waals surface area contributed by atoms with Crippen molar-refractivity contribution >= 4 is 34.2 Å². The van der Waals surface area contributed by atoms with E-state index in [-0.39, 0.29) is 0 Å². The lowest BCUT2D eigenvalue weighted by atomic mass is 9.99. The first-order valence-electron chi connectivity index (χ1n) is 5.14. The lowest BCUT2D eigenvalue weighted by Gasteiger charge is -2.15. The molecular formula is C13H9ClF2IN. The molecule has 2 N–H and O–H groups in total. The number of rotatable bonds is 2. The van der Waals surface area contributed by atoms with Gasteiger partial charge in [0.05, 0.1) is 6.04 Å². The standard InChI is InChI=1S/C13H9ClF2IN/c14-8-1-2-12(17)11(5-8)13(18)7-3-9(15)6-10(16)4-7/h1-6,13H,18H2. The molecule has 1 nitrogen and oxygen atoms in total. The lowest BCUT2D eigenvalue weighted by molar-refractivity contribution is 0.577. The highest BCUT2D eigenvalue weighted by atomic mass is 127. The molecule has 5 heteroatoms. The molecule has 0 saturated heterocycles. The molecule has 0 spiro atoms. The van der Waals surface area contributed by atoms with Gasteiger partial charge in [0.1, 0.15) is 11.6 Å². The van der Waals surface area contributed by atoms with Gasteiger partial charge in [-0.15, -0.1) is 0 Å². The molecule has 0 fully saturated rings. The van der Waals surface area contributed by atoms with E-state index in [9.17, 15) is 8.78 Å². The van der Waals surface area contributed by atoms with E-state index in [0.29, 0.717) is 10.6 Å². The summed E-state index contributed by atoms with van der Waals surface area (Å²) in [6.07, 6.45) is 0. The van der Waals surface area contributed by atoms with E-state index in [1.165, 1.54) is 12.1 Å². The highest BCUT2D eigenvalue weighted by Crippen LogP contribution is 2.27. The zero-order chi connectivity index (χ0) is 13.3. The normalized spacial score (nSPS) is 12.5. The van der Waals surface area contributed by atoms with Crippen molar-refractivity contribution < 1.29 is 8.78 Å². The Morgan fingerprint density at radius 3 is 2.28 bits per heavy atom. The van der Waals surface area contributed by atoms with Gasteiger partial charge in [-0.1, -0.05) is 11.6 Å². The average molecular weight is 380 g/mol. The van der Waals surface area contributed by atoms with E-state index in [4.69, 9.17) is 17.3 Å². The Balaban J connectivity index is 2.47. The molecule has 2 aromatic carbocycles. The SMILES string of the molecule is NC(c1cc(F)cc(F)c1)c1cc(Cl)ccc1I. The van der Waals surface area contributed by atoms with E-state index in [0.717, 1.165) is 15.2 Å². The number of hydrogen-bond acceptors (Lipinski definition) is 1. The van der Waals surface area contributed by atoms with Crippen molar-refractivity contribution in [1.29, 1.82) is 0 Å². The number of halogens is 4. The molecule has 0 aliphatic carbocycles. The minimum Gasteiger partial charge on any atom is -0.320 e. The van der Waals surface area contributed by atoms with Crippen LogP contribution < -0.4 is 5.73 Å². The summed E-state index contributed by atoms with van der Waals surface area (Å²) in [5.41, 5.74) is 7.15. The van der Waals surface area contributed by atoms with Crippen LogP contribution in [-0.2, 0) is 0 Å². The third-order valence-electron chi connectivity index (χ3n) is 2.54. The summed E-state index contributed by atoms with van der Waals surface area (Å²) in [6, 6.07) is 7.92. The maximum atomic E-state index is 13.2. The second kappa shape index (κ2) is 5.50. The number of nitrogens with two attached hydrogens (primary N) is 1. The Labute approximate surface area is 122 Å². The third-order valence-corrected chi connectivity index (χ3v) is 3.75. The predicted octanol–water partition coefficient (Wildman–Crippen LogP) is 4.27. The van der Waals surface area contributed by atoms with E-state index in [1.807, 2.05) is 6.07 Å². The van der Waals surface area contributed by atoms with Crippen LogP contribution in [-0.4, -0.2) is 0 Å². The van der Waals surface area contributed by atoms with Crippen LogP contribution in [0.2, 0.25) is 5.02 Å². The molecule has 2 aromatic rings. The third kappa shape index (κ3) is 2.99. The minimum absolute atomic E-state index is 0.382. The highest BCUT2D eigenvalue weighted by Gasteiger charge is 2.14. The van der Waals surface area contributed by atoms with Gasteiger partial charge in [0, 0.05) is 14.7 Å². The summed E-state index contributed by atoms with van der Waals surface area (Å²) >= 11 is 8.01. The van der Waals surface area contributed by atoms with Gasteiger partial charge in [0.25, 0.3) is 0 Å². The van der Waals surface area contributed by atoms with Crippen molar-refractivity contribution in [1.82, 2.24) is 0 Å². The van der Waals surface area contributed by atoms with Gasteiger partial charge in [0.15, 0.2) is 0 Å². The fraction of sp³-hybridized carbons (Fsp3) is 0.0769. The van der Waals surface area contributed by atoms with E-state index < -0.39 is 17.7 Å². The maximum Gasteiger partial charge on any atom is 0.126 e. The second-order valence-corrected chi connectivity index (χ2v) is 5.44. The van der Waals surface area contributed by atoms with Crippen LogP contribution in [0, 0.1) is 15.2 Å². The molecule has 2 rings (SSSR count). The summed E-state index contributed by atoms with van der Waals surface area (Å²) in [5, 5.41) is 0.540. The largest absolute Gasteiger partial charge is 0.320 e. The molecule has 94 valence electrons. The minimum atomic E-state index is -0.641. The fourth-order valence-electron chi connectivity index (χ4n) is 1.69. The van der Waals surface area contributed by atoms with Crippen LogP contribution in [0.25, 0.3) is 0 Å². The molecule has 0 aromatic heterocycles. The van der Waals surface area contributed by atoms with Crippen molar-refractivity contribution in [3.05, 3.63) is 67.8 Å². The van der Waals surface area contributed by atoms with Crippen molar-refractivity contribution in [2.45, 2.75) is 6.04 Å². The Kier molecular flexibility index (Phi) is 4.19. The molecule has 0 bridgehead atoms. The van der Waals surface area contributed by atoms with Crippen molar-refractivity contribution in [3.8, 4) is 0 Å². The van der Waals surface area contributed by atoms with Gasteiger partial charge < -0.3 is 5.73 Å². The smallest absolute Gasteiger partial charge is 0.126 e. The van der Waals surface area contributed by atoms with Crippen LogP contribution in [0.1, 0.15) is 17.2 Å². The Hall–Kier alpha value is -0.720. The monoisotopic (exact) mass is 379 g/mol. The maximum absolute atomic E-state index is 13.2. The first-order valence-corrected chi connectivity index (χ1v) is 6.59. The van der Waals surface area contributed by atoms with Gasteiger partial charge in [-0.05, 0) is 64.0 Å². The second-order valence-electron chi connectivity index (χ2n) is 3.85. The number of benzene rings is 2. The summed E-state index contributed by atoms with van der Waals surface area (Å²) in [7, 11) is 0. The van der Waals surface area contributed by atoms with Crippen LogP contribution in [0.3, 0.4) is 0 Å². The topological polar surface area (TPSA) is 26.0 Å². The molecule has 0 heterocycles. The summed E-state index contributed by atoms with van der Waals surface area (Å²) in [5.74, 6) is -1.28. The molecule has 0 radical (unpaired) electrons. The highest BCUT2D eigenvalue weighted by molar-refractivity contribution is 14.1. The van der Waals surface area contributed by atoms with Crippen LogP contribution >= 0.6 is 34.2 Å². The van der Waals surface area contributed by atoms with E-state index in [2.05, 4.69) is 22.6 Å². The van der Waals surface area contributed by atoms with Crippen molar-refractivity contribution in [3.63, 3.8) is 0 Å². The van der Waals surface area contributed by atoms with Gasteiger partial charge in [-0.3, -0.25) is 0 Å². The summed E-state index contributed by atoms with van der Waals surface area (Å²) < 4.78 is 27.2. The zero-order valence-corrected chi connectivity index (χ0v) is 12.0. The Morgan fingerprint density at radius 2 is 1.67 bits per heavy atom. The van der Waals surface area contributed by atoms with Gasteiger partial charge in [-0.2, -0.15) is 0 Å². The van der Waals surface area contributed by atoms with Crippen LogP contribution in [0.4, 0.5) is 8.78 Å². The van der Waals surface area contributed by atoms with Crippen LogP contribution in [0.5, 0.6) is 0 Å². The average Bonchev–Trinajstić information content (AvgIpc) is 2.30. The molecule has 0 aliphatic heterocycles. The fourth-order valence-corrected chi connectivity index (χ4v) is 2.54. The van der Waals surface area contributed by atoms with E-state index >= 15 is 0 Å². The molecule has 18 heavy (non-hydrogen) atoms. The summed E-state index contributed by atoms with van der Waals surface area (Å²) in [4.78, 5) is 0. The molecule has 0 aliphatic rings. The Morgan fingerprint density at radius 1 is 1.06 bits per heavy atom. The van der Waals surface area contributed by atoms with Crippen molar-refractivity contribution in [2.24, 2.45) is 5.73 Å². The van der Waals surface area contributed by atoms with Crippen LogP contribution in [0.15, 0.2) is 36.4 Å².